The van der Waals surface area contributed by atoms with Crippen LogP contribution in [0.1, 0.15) is 24.8 Å². The fraction of sp³-hybridized carbons (Fsp3) is 0.467. The second kappa shape index (κ2) is 5.14. The number of aryl methyl sites for hydroxylation is 1. The van der Waals surface area contributed by atoms with Gasteiger partial charge in [-0.1, -0.05) is 6.92 Å². The van der Waals surface area contributed by atoms with Gasteiger partial charge in [0.15, 0.2) is 0 Å². The molecule has 2 N–H and O–H groups in total. The van der Waals surface area contributed by atoms with Crippen LogP contribution in [-0.4, -0.2) is 24.0 Å². The number of rotatable bonds is 3. The number of aromatic nitrogens is 1. The maximum Gasteiger partial charge on any atom is 0.231 e. The van der Waals surface area contributed by atoms with Gasteiger partial charge in [0.1, 0.15) is 0 Å². The average molecular weight is 289 g/mol. The summed E-state index contributed by atoms with van der Waals surface area (Å²) in [6, 6.07) is 5.93. The van der Waals surface area contributed by atoms with Crippen LogP contribution in [0.2, 0.25) is 0 Å². The van der Waals surface area contributed by atoms with Crippen molar-refractivity contribution in [3.05, 3.63) is 23.2 Å². The average Bonchev–Trinajstić information content (AvgIpc) is 3.04. The van der Waals surface area contributed by atoms with Crippen LogP contribution in [0.25, 0.3) is 10.2 Å². The lowest BCUT2D eigenvalue weighted by Crippen LogP contribution is -2.37. The first-order valence-corrected chi connectivity index (χ1v) is 7.84. The molecule has 0 saturated carbocycles. The summed E-state index contributed by atoms with van der Waals surface area (Å²) < 4.78 is 1.12. The van der Waals surface area contributed by atoms with E-state index in [2.05, 4.69) is 22.5 Å². The molecular weight excluding hydrogens is 270 g/mol. The maximum absolute atomic E-state index is 12.5. The Balaban J connectivity index is 1.83. The first-order chi connectivity index (χ1) is 9.63. The summed E-state index contributed by atoms with van der Waals surface area (Å²) in [4.78, 5) is 17.0. The van der Waals surface area contributed by atoms with Crippen LogP contribution in [0.3, 0.4) is 0 Å². The van der Waals surface area contributed by atoms with E-state index in [0.29, 0.717) is 0 Å². The van der Waals surface area contributed by atoms with Crippen LogP contribution in [0.15, 0.2) is 18.2 Å². The number of amides is 1. The number of hydrogen-bond donors (Lipinski definition) is 2. The Morgan fingerprint density at radius 1 is 1.55 bits per heavy atom. The Hall–Kier alpha value is -1.46. The van der Waals surface area contributed by atoms with Crippen molar-refractivity contribution in [2.45, 2.75) is 26.7 Å². The van der Waals surface area contributed by atoms with Crippen LogP contribution in [0, 0.1) is 12.3 Å². The van der Waals surface area contributed by atoms with E-state index in [4.69, 9.17) is 0 Å². The van der Waals surface area contributed by atoms with Crippen LogP contribution in [-0.2, 0) is 4.79 Å². The SMILES string of the molecule is CCC1(C(=O)Nc2ccc3nc(C)sc3c2)CCNC1. The smallest absolute Gasteiger partial charge is 0.231 e. The number of carbonyl (C=O) groups is 1. The monoisotopic (exact) mass is 289 g/mol. The number of nitrogens with one attached hydrogen (secondary N) is 2. The molecule has 5 heteroatoms. The van der Waals surface area contributed by atoms with E-state index in [1.165, 1.54) is 0 Å². The molecular formula is C15H19N3OS. The Labute approximate surface area is 122 Å². The Morgan fingerprint density at radius 2 is 2.40 bits per heavy atom. The van der Waals surface area contributed by atoms with Gasteiger partial charge >= 0.3 is 0 Å². The fourth-order valence-corrected chi connectivity index (χ4v) is 3.65. The highest BCUT2D eigenvalue weighted by atomic mass is 32.1. The predicted molar refractivity (Wildman–Crippen MR) is 83.2 cm³/mol. The minimum Gasteiger partial charge on any atom is -0.326 e. The number of carbonyl (C=O) groups excluding carboxylic acids is 1. The van der Waals surface area contributed by atoms with Crippen LogP contribution < -0.4 is 10.6 Å². The highest BCUT2D eigenvalue weighted by Crippen LogP contribution is 2.32. The molecule has 20 heavy (non-hydrogen) atoms. The predicted octanol–water partition coefficient (Wildman–Crippen LogP) is 2.93. The molecule has 1 unspecified atom stereocenters. The lowest BCUT2D eigenvalue weighted by Gasteiger charge is -2.25. The van der Waals surface area contributed by atoms with Crippen molar-refractivity contribution >= 4 is 33.1 Å². The van der Waals surface area contributed by atoms with Gasteiger partial charge in [0.2, 0.25) is 5.91 Å². The number of fused-ring (bicyclic) bond motifs is 1. The van der Waals surface area contributed by atoms with Crippen LogP contribution in [0.5, 0.6) is 0 Å². The third-order valence-corrected chi connectivity index (χ3v) is 5.09. The summed E-state index contributed by atoms with van der Waals surface area (Å²) in [5.74, 6) is 0.130. The standard InChI is InChI=1S/C15H19N3OS/c1-3-15(6-7-16-9-15)14(19)18-11-4-5-12-13(8-11)20-10(2)17-12/h4-5,8,16H,3,6-7,9H2,1-2H3,(H,18,19). The quantitative estimate of drug-likeness (QED) is 0.913. The molecule has 1 aromatic heterocycles. The van der Waals surface area contributed by atoms with Crippen LogP contribution in [0.4, 0.5) is 5.69 Å². The van der Waals surface area contributed by atoms with Crippen LogP contribution >= 0.6 is 11.3 Å². The Bertz CT molecular complexity index is 644. The molecule has 1 fully saturated rings. The number of anilines is 1. The lowest BCUT2D eigenvalue weighted by atomic mass is 9.83. The van der Waals surface area contributed by atoms with Crippen molar-refractivity contribution in [3.8, 4) is 0 Å². The molecule has 106 valence electrons. The van der Waals surface area contributed by atoms with Crippen molar-refractivity contribution in [2.24, 2.45) is 5.41 Å². The second-order valence-electron chi connectivity index (χ2n) is 5.43. The van der Waals surface area contributed by atoms with E-state index in [1.807, 2.05) is 25.1 Å². The zero-order valence-corrected chi connectivity index (χ0v) is 12.6. The maximum atomic E-state index is 12.5. The molecule has 1 aromatic carbocycles. The first kappa shape index (κ1) is 13.5. The van der Waals surface area contributed by atoms with Crippen molar-refractivity contribution in [3.63, 3.8) is 0 Å². The van der Waals surface area contributed by atoms with Crippen molar-refractivity contribution in [1.82, 2.24) is 10.3 Å². The Morgan fingerprint density at radius 3 is 3.10 bits per heavy atom. The summed E-state index contributed by atoms with van der Waals surface area (Å²) >= 11 is 1.66. The van der Waals surface area contributed by atoms with E-state index in [9.17, 15) is 4.79 Å². The summed E-state index contributed by atoms with van der Waals surface area (Å²) in [6.45, 7) is 5.78. The molecule has 2 heterocycles. The zero-order chi connectivity index (χ0) is 14.2. The van der Waals surface area contributed by atoms with Gasteiger partial charge in [-0.15, -0.1) is 11.3 Å². The number of nitrogens with zero attached hydrogens (tertiary/aromatic N) is 1. The summed E-state index contributed by atoms with van der Waals surface area (Å²) in [7, 11) is 0. The van der Waals surface area contributed by atoms with Crippen molar-refractivity contribution < 1.29 is 4.79 Å². The van der Waals surface area contributed by atoms with Crippen molar-refractivity contribution in [2.75, 3.05) is 18.4 Å². The van der Waals surface area contributed by atoms with Crippen molar-refractivity contribution in [1.29, 1.82) is 0 Å². The first-order valence-electron chi connectivity index (χ1n) is 7.02. The van der Waals surface area contributed by atoms with Gasteiger partial charge in [-0.05, 0) is 44.5 Å². The summed E-state index contributed by atoms with van der Waals surface area (Å²) in [5, 5.41) is 7.42. The normalized spacial score (nSPS) is 22.3. The molecule has 2 aromatic rings. The molecule has 1 aliphatic heterocycles. The minimum atomic E-state index is -0.251. The number of hydrogen-bond acceptors (Lipinski definition) is 4. The molecule has 0 bridgehead atoms. The summed E-state index contributed by atoms with van der Waals surface area (Å²) in [6.07, 6.45) is 1.78. The largest absolute Gasteiger partial charge is 0.326 e. The van der Waals surface area contributed by atoms with Gasteiger partial charge in [-0.3, -0.25) is 4.79 Å². The number of benzene rings is 1. The third kappa shape index (κ3) is 2.31. The van der Waals surface area contributed by atoms with Gasteiger partial charge in [0.05, 0.1) is 20.6 Å². The molecule has 0 spiro atoms. The molecule has 1 amide bonds. The van der Waals surface area contributed by atoms with Gasteiger partial charge in [-0.25, -0.2) is 4.98 Å². The highest BCUT2D eigenvalue weighted by molar-refractivity contribution is 7.18. The molecule has 4 nitrogen and oxygen atoms in total. The molecule has 3 rings (SSSR count). The van der Waals surface area contributed by atoms with E-state index < -0.39 is 0 Å². The fourth-order valence-electron chi connectivity index (χ4n) is 2.78. The molecule has 0 radical (unpaired) electrons. The second-order valence-corrected chi connectivity index (χ2v) is 6.66. The van der Waals surface area contributed by atoms with Gasteiger partial charge in [0.25, 0.3) is 0 Å². The topological polar surface area (TPSA) is 54.0 Å². The number of thiazole rings is 1. The minimum absolute atomic E-state index is 0.130. The lowest BCUT2D eigenvalue weighted by molar-refractivity contribution is -0.124. The summed E-state index contributed by atoms with van der Waals surface area (Å²) in [5.41, 5.74) is 1.61. The molecule has 1 atom stereocenters. The van der Waals surface area contributed by atoms with Gasteiger partial charge in [-0.2, -0.15) is 0 Å². The van der Waals surface area contributed by atoms with Gasteiger partial charge in [0, 0.05) is 12.2 Å². The highest BCUT2D eigenvalue weighted by Gasteiger charge is 2.39. The molecule has 0 aliphatic carbocycles. The zero-order valence-electron chi connectivity index (χ0n) is 11.8. The van der Waals surface area contributed by atoms with E-state index >= 15 is 0 Å². The third-order valence-electron chi connectivity index (χ3n) is 4.16. The van der Waals surface area contributed by atoms with E-state index in [1.54, 1.807) is 11.3 Å². The van der Waals surface area contributed by atoms with E-state index in [0.717, 1.165) is 46.8 Å². The molecule has 1 aliphatic rings. The molecule has 1 saturated heterocycles. The van der Waals surface area contributed by atoms with E-state index in [-0.39, 0.29) is 11.3 Å². The Kier molecular flexibility index (Phi) is 3.48. The van der Waals surface area contributed by atoms with Gasteiger partial charge < -0.3 is 10.6 Å².